The van der Waals surface area contributed by atoms with Crippen LogP contribution in [-0.4, -0.2) is 68.5 Å². The molecule has 0 aliphatic heterocycles. The number of phosphoric ester groups is 1. The molecular formula is C39H81N2O6P. The number of carbonyl (C=O) groups excluding carboxylic acids is 1. The van der Waals surface area contributed by atoms with Crippen molar-refractivity contribution in [3.05, 3.63) is 0 Å². The summed E-state index contributed by atoms with van der Waals surface area (Å²) < 4.78 is 23.0. The van der Waals surface area contributed by atoms with Crippen molar-refractivity contribution in [3.63, 3.8) is 0 Å². The van der Waals surface area contributed by atoms with Gasteiger partial charge in [0.05, 0.1) is 39.9 Å². The van der Waals surface area contributed by atoms with E-state index in [9.17, 15) is 19.4 Å². The number of rotatable bonds is 37. The lowest BCUT2D eigenvalue weighted by Gasteiger charge is -2.30. The highest BCUT2D eigenvalue weighted by molar-refractivity contribution is 7.45. The molecule has 0 spiro atoms. The minimum absolute atomic E-state index is 0.0146. The summed E-state index contributed by atoms with van der Waals surface area (Å²) in [6.45, 7) is 4.60. The Balaban J connectivity index is 4.03. The first-order valence-electron chi connectivity index (χ1n) is 20.4. The topological polar surface area (TPSA) is 108 Å². The van der Waals surface area contributed by atoms with Gasteiger partial charge >= 0.3 is 0 Å². The zero-order valence-electron chi connectivity index (χ0n) is 32.5. The molecule has 2 N–H and O–H groups in total. The van der Waals surface area contributed by atoms with Crippen molar-refractivity contribution in [1.82, 2.24) is 5.32 Å². The van der Waals surface area contributed by atoms with E-state index >= 15 is 0 Å². The Bertz CT molecular complexity index is 763. The minimum atomic E-state index is -4.54. The second-order valence-corrected chi connectivity index (χ2v) is 16.8. The van der Waals surface area contributed by atoms with Gasteiger partial charge in [-0.15, -0.1) is 0 Å². The maximum Gasteiger partial charge on any atom is 0.268 e. The zero-order valence-corrected chi connectivity index (χ0v) is 33.4. The molecule has 0 saturated heterocycles. The van der Waals surface area contributed by atoms with Crippen molar-refractivity contribution >= 4 is 13.7 Å². The van der Waals surface area contributed by atoms with Crippen molar-refractivity contribution in [1.29, 1.82) is 0 Å². The predicted molar refractivity (Wildman–Crippen MR) is 201 cm³/mol. The molecule has 0 radical (unpaired) electrons. The number of amides is 1. The molecule has 288 valence electrons. The third kappa shape index (κ3) is 34.0. The van der Waals surface area contributed by atoms with E-state index in [0.29, 0.717) is 23.9 Å². The molecule has 0 aliphatic carbocycles. The number of nitrogens with zero attached hydrogens (tertiary/aromatic N) is 1. The normalized spacial score (nSPS) is 14.6. The molecule has 0 aromatic heterocycles. The van der Waals surface area contributed by atoms with Gasteiger partial charge in [-0.05, 0) is 12.8 Å². The average Bonchev–Trinajstić information content (AvgIpc) is 3.03. The van der Waals surface area contributed by atoms with E-state index in [1.165, 1.54) is 122 Å². The number of hydrogen-bond donors (Lipinski definition) is 2. The number of unbranched alkanes of at least 4 members (excludes halogenated alkanes) is 24. The number of quaternary nitrogens is 1. The molecular weight excluding hydrogens is 623 g/mol. The van der Waals surface area contributed by atoms with Crippen LogP contribution in [0.3, 0.4) is 0 Å². The quantitative estimate of drug-likeness (QED) is 0.0379. The summed E-state index contributed by atoms with van der Waals surface area (Å²) in [5, 5.41) is 13.7. The molecule has 1 amide bonds. The molecule has 3 atom stereocenters. The lowest BCUT2D eigenvalue weighted by Crippen LogP contribution is -2.46. The molecule has 0 bridgehead atoms. The van der Waals surface area contributed by atoms with Crippen LogP contribution in [-0.2, 0) is 18.4 Å². The lowest BCUT2D eigenvalue weighted by atomic mass is 10.0. The fourth-order valence-electron chi connectivity index (χ4n) is 6.04. The van der Waals surface area contributed by atoms with Crippen molar-refractivity contribution in [2.24, 2.45) is 0 Å². The van der Waals surface area contributed by atoms with Crippen LogP contribution in [0, 0.1) is 0 Å². The standard InChI is InChI=1S/C39H81N2O6P/c1-6-8-10-12-13-14-15-16-17-18-19-20-21-22-23-24-25-26-27-28-29-30-32-38(42)37(40-39(43)33-31-11-9-7-2)36-47-48(44,45)46-35-34-41(3,4)5/h37-38,42H,6-36H2,1-5H3,(H-,40,43,44,45). The summed E-state index contributed by atoms with van der Waals surface area (Å²) in [6.07, 6.45) is 33.1. The third-order valence-electron chi connectivity index (χ3n) is 9.35. The van der Waals surface area contributed by atoms with E-state index in [-0.39, 0.29) is 19.1 Å². The van der Waals surface area contributed by atoms with Gasteiger partial charge in [0, 0.05) is 6.42 Å². The number of nitrogens with one attached hydrogen (secondary N) is 1. The number of hydrogen-bond acceptors (Lipinski definition) is 6. The molecule has 0 heterocycles. The Kier molecular flexibility index (Phi) is 32.1. The Morgan fingerprint density at radius 2 is 1.02 bits per heavy atom. The van der Waals surface area contributed by atoms with Crippen LogP contribution in [0.25, 0.3) is 0 Å². The largest absolute Gasteiger partial charge is 0.756 e. The number of phosphoric acid groups is 1. The maximum atomic E-state index is 12.5. The van der Waals surface area contributed by atoms with Crippen molar-refractivity contribution in [3.8, 4) is 0 Å². The van der Waals surface area contributed by atoms with Gasteiger partial charge in [-0.2, -0.15) is 0 Å². The van der Waals surface area contributed by atoms with Crippen LogP contribution in [0.15, 0.2) is 0 Å². The van der Waals surface area contributed by atoms with E-state index in [2.05, 4.69) is 19.2 Å². The lowest BCUT2D eigenvalue weighted by molar-refractivity contribution is -0.870. The van der Waals surface area contributed by atoms with Gasteiger partial charge in [0.25, 0.3) is 7.82 Å². The van der Waals surface area contributed by atoms with Gasteiger partial charge in [-0.3, -0.25) is 9.36 Å². The molecule has 9 heteroatoms. The van der Waals surface area contributed by atoms with Gasteiger partial charge in [-0.25, -0.2) is 0 Å². The SMILES string of the molecule is CCCCCCCCCCCCCCCCCCCCCCCCC(O)C(COP(=O)([O-])OCC[N+](C)(C)C)NC(=O)CCCCCC. The van der Waals surface area contributed by atoms with Crippen LogP contribution < -0.4 is 10.2 Å². The minimum Gasteiger partial charge on any atom is -0.756 e. The van der Waals surface area contributed by atoms with E-state index in [1.807, 2.05) is 21.1 Å². The van der Waals surface area contributed by atoms with E-state index < -0.39 is 20.0 Å². The number of aliphatic hydroxyl groups is 1. The van der Waals surface area contributed by atoms with Gasteiger partial charge in [-0.1, -0.05) is 174 Å². The second-order valence-electron chi connectivity index (χ2n) is 15.4. The summed E-state index contributed by atoms with van der Waals surface area (Å²) in [7, 11) is 1.31. The summed E-state index contributed by atoms with van der Waals surface area (Å²) >= 11 is 0. The van der Waals surface area contributed by atoms with Crippen molar-refractivity contribution in [2.75, 3.05) is 40.9 Å². The molecule has 48 heavy (non-hydrogen) atoms. The first kappa shape index (κ1) is 47.5. The number of aliphatic hydroxyl groups excluding tert-OH is 1. The average molecular weight is 705 g/mol. The Morgan fingerprint density at radius 1 is 0.646 bits per heavy atom. The Labute approximate surface area is 298 Å². The van der Waals surface area contributed by atoms with Crippen LogP contribution in [0.4, 0.5) is 0 Å². The fourth-order valence-corrected chi connectivity index (χ4v) is 6.76. The molecule has 0 aromatic rings. The highest BCUT2D eigenvalue weighted by atomic mass is 31.2. The summed E-state index contributed by atoms with van der Waals surface area (Å²) in [6, 6.07) is -0.789. The maximum absolute atomic E-state index is 12.5. The third-order valence-corrected chi connectivity index (χ3v) is 10.3. The van der Waals surface area contributed by atoms with E-state index in [4.69, 9.17) is 9.05 Å². The van der Waals surface area contributed by atoms with Gasteiger partial charge < -0.3 is 28.8 Å². The number of likely N-dealkylation sites (N-methyl/N-ethyl adjacent to an activating group) is 1. The Hall–Kier alpha value is -0.500. The highest BCUT2D eigenvalue weighted by Gasteiger charge is 2.24. The molecule has 0 rings (SSSR count). The van der Waals surface area contributed by atoms with Gasteiger partial charge in [0.2, 0.25) is 5.91 Å². The summed E-state index contributed by atoms with van der Waals surface area (Å²) in [4.78, 5) is 24.9. The molecule has 0 aromatic carbocycles. The van der Waals surface area contributed by atoms with E-state index in [1.54, 1.807) is 0 Å². The van der Waals surface area contributed by atoms with Crippen molar-refractivity contribution in [2.45, 2.75) is 206 Å². The zero-order chi connectivity index (χ0) is 35.8. The van der Waals surface area contributed by atoms with Crippen LogP contribution in [0.5, 0.6) is 0 Å². The molecule has 0 fully saturated rings. The van der Waals surface area contributed by atoms with E-state index in [0.717, 1.165) is 44.9 Å². The van der Waals surface area contributed by atoms with Gasteiger partial charge in [0.15, 0.2) is 0 Å². The molecule has 0 saturated carbocycles. The predicted octanol–water partition coefficient (Wildman–Crippen LogP) is 10.0. The first-order valence-corrected chi connectivity index (χ1v) is 21.8. The smallest absolute Gasteiger partial charge is 0.268 e. The van der Waals surface area contributed by atoms with Crippen LogP contribution in [0.1, 0.15) is 194 Å². The second kappa shape index (κ2) is 32.4. The van der Waals surface area contributed by atoms with Crippen molar-refractivity contribution < 1.29 is 32.9 Å². The van der Waals surface area contributed by atoms with Crippen LogP contribution >= 0.6 is 7.82 Å². The first-order chi connectivity index (χ1) is 23.0. The molecule has 0 aliphatic rings. The van der Waals surface area contributed by atoms with Crippen LogP contribution in [0.2, 0.25) is 0 Å². The molecule has 8 nitrogen and oxygen atoms in total. The summed E-state index contributed by atoms with van der Waals surface area (Å²) in [5.41, 5.74) is 0. The number of carbonyl (C=O) groups is 1. The van der Waals surface area contributed by atoms with Gasteiger partial charge in [0.1, 0.15) is 13.2 Å². The molecule has 3 unspecified atom stereocenters. The fraction of sp³-hybridized carbons (Fsp3) is 0.974. The summed E-state index contributed by atoms with van der Waals surface area (Å²) in [5.74, 6) is -0.181. The monoisotopic (exact) mass is 705 g/mol. The Morgan fingerprint density at radius 3 is 1.42 bits per heavy atom. The highest BCUT2D eigenvalue weighted by Crippen LogP contribution is 2.38.